The van der Waals surface area contributed by atoms with Crippen molar-refractivity contribution < 1.29 is 4.52 Å². The maximum Gasteiger partial charge on any atom is 0.151 e. The number of rotatable bonds is 5. The molecule has 4 nitrogen and oxygen atoms in total. The summed E-state index contributed by atoms with van der Waals surface area (Å²) in [7, 11) is 0. The zero-order chi connectivity index (χ0) is 11.4. The predicted octanol–water partition coefficient (Wildman–Crippen LogP) is 1.63. The molecule has 0 saturated carbocycles. The molecule has 1 aromatic rings. The van der Waals surface area contributed by atoms with Gasteiger partial charge in [0, 0.05) is 19.2 Å². The van der Waals surface area contributed by atoms with Crippen molar-refractivity contribution >= 4 is 0 Å². The number of likely N-dealkylation sites (tertiary alicyclic amines) is 1. The summed E-state index contributed by atoms with van der Waals surface area (Å²) in [6.07, 6.45) is 1.30. The average molecular weight is 223 g/mol. The summed E-state index contributed by atoms with van der Waals surface area (Å²) in [6, 6.07) is 2.06. The normalized spacial score (nSPS) is 21.8. The number of nitrogens with one attached hydrogen (secondary N) is 1. The third-order valence-corrected chi connectivity index (χ3v) is 3.05. The van der Waals surface area contributed by atoms with Crippen LogP contribution in [0, 0.1) is 5.92 Å². The van der Waals surface area contributed by atoms with Crippen LogP contribution in [0.3, 0.4) is 0 Å². The highest BCUT2D eigenvalue weighted by Crippen LogP contribution is 2.18. The lowest BCUT2D eigenvalue weighted by atomic mass is 10.2. The Morgan fingerprint density at radius 3 is 3.19 bits per heavy atom. The minimum atomic E-state index is 0.802. The Labute approximate surface area is 97.0 Å². The molecule has 16 heavy (non-hydrogen) atoms. The molecule has 0 amide bonds. The van der Waals surface area contributed by atoms with Crippen LogP contribution in [-0.2, 0) is 13.1 Å². The minimum absolute atomic E-state index is 0.802. The standard InChI is InChI=1S/C12H21N3O/c1-3-13-7-11-6-12(16-14-11)9-15-5-4-10(2)8-15/h6,10,13H,3-5,7-9H2,1-2H3. The third kappa shape index (κ3) is 3.06. The van der Waals surface area contributed by atoms with Gasteiger partial charge in [-0.15, -0.1) is 0 Å². The second-order valence-electron chi connectivity index (χ2n) is 4.69. The summed E-state index contributed by atoms with van der Waals surface area (Å²) in [5.74, 6) is 1.81. The second-order valence-corrected chi connectivity index (χ2v) is 4.69. The number of nitrogens with zero attached hydrogens (tertiary/aromatic N) is 2. The Morgan fingerprint density at radius 1 is 1.62 bits per heavy atom. The van der Waals surface area contributed by atoms with Gasteiger partial charge in [-0.25, -0.2) is 0 Å². The first-order valence-electron chi connectivity index (χ1n) is 6.15. The van der Waals surface area contributed by atoms with Crippen molar-refractivity contribution in [1.82, 2.24) is 15.4 Å². The van der Waals surface area contributed by atoms with Gasteiger partial charge in [0.2, 0.25) is 0 Å². The molecular weight excluding hydrogens is 202 g/mol. The number of hydrogen-bond donors (Lipinski definition) is 1. The van der Waals surface area contributed by atoms with Gasteiger partial charge in [0.25, 0.3) is 0 Å². The SMILES string of the molecule is CCNCc1cc(CN2CCC(C)C2)on1. The van der Waals surface area contributed by atoms with Crippen molar-refractivity contribution in [1.29, 1.82) is 0 Å². The molecule has 0 aromatic carbocycles. The molecule has 0 radical (unpaired) electrons. The topological polar surface area (TPSA) is 41.3 Å². The molecule has 1 fully saturated rings. The highest BCUT2D eigenvalue weighted by Gasteiger charge is 2.19. The van der Waals surface area contributed by atoms with Crippen molar-refractivity contribution in [2.45, 2.75) is 33.4 Å². The van der Waals surface area contributed by atoms with Crippen LogP contribution >= 0.6 is 0 Å². The lowest BCUT2D eigenvalue weighted by molar-refractivity contribution is 0.267. The predicted molar refractivity (Wildman–Crippen MR) is 62.9 cm³/mol. The van der Waals surface area contributed by atoms with E-state index in [0.717, 1.165) is 37.0 Å². The second kappa shape index (κ2) is 5.46. The van der Waals surface area contributed by atoms with E-state index in [2.05, 4.69) is 35.3 Å². The van der Waals surface area contributed by atoms with Crippen molar-refractivity contribution in [3.05, 3.63) is 17.5 Å². The van der Waals surface area contributed by atoms with E-state index in [9.17, 15) is 0 Å². The largest absolute Gasteiger partial charge is 0.360 e. The molecule has 1 atom stereocenters. The average Bonchev–Trinajstić information content (AvgIpc) is 2.86. The van der Waals surface area contributed by atoms with Gasteiger partial charge < -0.3 is 9.84 Å². The van der Waals surface area contributed by atoms with Gasteiger partial charge in [0.05, 0.1) is 12.2 Å². The van der Waals surface area contributed by atoms with Crippen LogP contribution in [0.1, 0.15) is 31.7 Å². The molecule has 2 heterocycles. The van der Waals surface area contributed by atoms with Gasteiger partial charge in [0.1, 0.15) is 0 Å². The Kier molecular flexibility index (Phi) is 3.96. The monoisotopic (exact) mass is 223 g/mol. The summed E-state index contributed by atoms with van der Waals surface area (Å²) < 4.78 is 5.33. The van der Waals surface area contributed by atoms with Gasteiger partial charge in [-0.05, 0) is 25.4 Å². The van der Waals surface area contributed by atoms with E-state index in [0.29, 0.717) is 0 Å². The Hall–Kier alpha value is -0.870. The Balaban J connectivity index is 1.83. The van der Waals surface area contributed by atoms with E-state index >= 15 is 0 Å². The first-order valence-corrected chi connectivity index (χ1v) is 6.15. The number of hydrogen-bond acceptors (Lipinski definition) is 4. The van der Waals surface area contributed by atoms with Crippen molar-refractivity contribution in [2.24, 2.45) is 5.92 Å². The van der Waals surface area contributed by atoms with Crippen LogP contribution in [-0.4, -0.2) is 29.7 Å². The zero-order valence-electron chi connectivity index (χ0n) is 10.2. The quantitative estimate of drug-likeness (QED) is 0.823. The maximum atomic E-state index is 5.33. The molecule has 1 aliphatic rings. The molecule has 1 aromatic heterocycles. The molecular formula is C12H21N3O. The van der Waals surface area contributed by atoms with E-state index in [1.165, 1.54) is 19.5 Å². The van der Waals surface area contributed by atoms with Gasteiger partial charge in [-0.2, -0.15) is 0 Å². The summed E-state index contributed by atoms with van der Waals surface area (Å²) in [4.78, 5) is 2.43. The molecule has 1 unspecified atom stereocenters. The highest BCUT2D eigenvalue weighted by molar-refractivity contribution is 5.05. The van der Waals surface area contributed by atoms with Crippen molar-refractivity contribution in [3.63, 3.8) is 0 Å². The smallest absolute Gasteiger partial charge is 0.151 e. The van der Waals surface area contributed by atoms with Gasteiger partial charge in [0.15, 0.2) is 5.76 Å². The zero-order valence-corrected chi connectivity index (χ0v) is 10.2. The molecule has 0 bridgehead atoms. The molecule has 1 aliphatic heterocycles. The fraction of sp³-hybridized carbons (Fsp3) is 0.750. The summed E-state index contributed by atoms with van der Waals surface area (Å²) in [5, 5.41) is 7.29. The first-order chi connectivity index (χ1) is 7.78. The van der Waals surface area contributed by atoms with Crippen LogP contribution in [0.2, 0.25) is 0 Å². The highest BCUT2D eigenvalue weighted by atomic mass is 16.5. The fourth-order valence-corrected chi connectivity index (χ4v) is 2.16. The lowest BCUT2D eigenvalue weighted by Gasteiger charge is -2.11. The van der Waals surface area contributed by atoms with Gasteiger partial charge in [-0.3, -0.25) is 4.90 Å². The van der Waals surface area contributed by atoms with Crippen LogP contribution in [0.25, 0.3) is 0 Å². The molecule has 0 spiro atoms. The van der Waals surface area contributed by atoms with Gasteiger partial charge >= 0.3 is 0 Å². The molecule has 0 aliphatic carbocycles. The maximum absolute atomic E-state index is 5.33. The van der Waals surface area contributed by atoms with E-state index in [-0.39, 0.29) is 0 Å². The minimum Gasteiger partial charge on any atom is -0.360 e. The number of aromatic nitrogens is 1. The Morgan fingerprint density at radius 2 is 2.50 bits per heavy atom. The van der Waals surface area contributed by atoms with Gasteiger partial charge in [-0.1, -0.05) is 19.0 Å². The summed E-state index contributed by atoms with van der Waals surface area (Å²) >= 11 is 0. The molecule has 90 valence electrons. The fourth-order valence-electron chi connectivity index (χ4n) is 2.16. The first kappa shape index (κ1) is 11.6. The third-order valence-electron chi connectivity index (χ3n) is 3.05. The molecule has 4 heteroatoms. The molecule has 1 N–H and O–H groups in total. The van der Waals surface area contributed by atoms with Crippen LogP contribution in [0.15, 0.2) is 10.6 Å². The van der Waals surface area contributed by atoms with E-state index < -0.39 is 0 Å². The summed E-state index contributed by atoms with van der Waals surface area (Å²) in [5.41, 5.74) is 1.00. The summed E-state index contributed by atoms with van der Waals surface area (Å²) in [6.45, 7) is 9.43. The Bertz CT molecular complexity index is 324. The van der Waals surface area contributed by atoms with E-state index in [1.54, 1.807) is 0 Å². The van der Waals surface area contributed by atoms with Crippen molar-refractivity contribution in [3.8, 4) is 0 Å². The van der Waals surface area contributed by atoms with E-state index in [4.69, 9.17) is 4.52 Å². The van der Waals surface area contributed by atoms with Crippen molar-refractivity contribution in [2.75, 3.05) is 19.6 Å². The molecule has 2 rings (SSSR count). The van der Waals surface area contributed by atoms with E-state index in [1.807, 2.05) is 0 Å². The van der Waals surface area contributed by atoms with Crippen LogP contribution in [0.5, 0.6) is 0 Å². The lowest BCUT2D eigenvalue weighted by Crippen LogP contribution is -2.19. The molecule has 1 saturated heterocycles. The van der Waals surface area contributed by atoms with Crippen LogP contribution in [0.4, 0.5) is 0 Å². The van der Waals surface area contributed by atoms with Crippen LogP contribution < -0.4 is 5.32 Å².